The average molecular weight is 529 g/mol. The fourth-order valence-electron chi connectivity index (χ4n) is 5.86. The molecule has 0 spiro atoms. The van der Waals surface area contributed by atoms with Crippen molar-refractivity contribution in [3.05, 3.63) is 63.7 Å². The van der Waals surface area contributed by atoms with Crippen LogP contribution in [-0.2, 0) is 29.1 Å². The quantitative estimate of drug-likeness (QED) is 0.374. The van der Waals surface area contributed by atoms with Gasteiger partial charge in [-0.05, 0) is 92.8 Å². The lowest BCUT2D eigenvalue weighted by atomic mass is 9.85. The van der Waals surface area contributed by atoms with E-state index in [1.54, 1.807) is 6.07 Å². The van der Waals surface area contributed by atoms with E-state index in [1.807, 2.05) is 6.07 Å². The van der Waals surface area contributed by atoms with Crippen molar-refractivity contribution in [2.75, 3.05) is 25.2 Å². The van der Waals surface area contributed by atoms with Crippen molar-refractivity contribution >= 4 is 21.4 Å². The van der Waals surface area contributed by atoms with Crippen molar-refractivity contribution < 1.29 is 13.2 Å². The largest absolute Gasteiger partial charge is 0.493 e. The fourth-order valence-corrected chi connectivity index (χ4v) is 6.83. The molecule has 0 bridgehead atoms. The number of likely N-dealkylation sites (tertiary alicyclic amines) is 1. The summed E-state index contributed by atoms with van der Waals surface area (Å²) in [4.78, 5) is 2.64. The molecule has 0 radical (unpaired) electrons. The van der Waals surface area contributed by atoms with Gasteiger partial charge in [-0.3, -0.25) is 4.90 Å². The number of halogens is 1. The van der Waals surface area contributed by atoms with Crippen LogP contribution < -0.4 is 4.74 Å². The standard InChI is InChI=1S/C29H37ClN2O3S/c1-21-14-23(19-32(21)27-9-12-29-24(17-27)15-26(30)16-25(29)18-31)20-35-28-10-7-22(8-11-28)6-4-3-5-13-36(2,33)34/h7-8,10-11,15-16,21,23,27H,3-6,9,12-14,17,19-20H2,1-2H3/t21-,23+,27?/m1/s1. The van der Waals surface area contributed by atoms with Gasteiger partial charge in [0.05, 0.1) is 18.2 Å². The smallest absolute Gasteiger partial charge is 0.147 e. The molecule has 36 heavy (non-hydrogen) atoms. The van der Waals surface area contributed by atoms with Gasteiger partial charge in [-0.15, -0.1) is 0 Å². The van der Waals surface area contributed by atoms with E-state index in [-0.39, 0.29) is 5.75 Å². The van der Waals surface area contributed by atoms with E-state index in [9.17, 15) is 13.7 Å². The minimum Gasteiger partial charge on any atom is -0.493 e. The van der Waals surface area contributed by atoms with Crippen molar-refractivity contribution in [2.24, 2.45) is 5.92 Å². The Hall–Kier alpha value is -2.07. The summed E-state index contributed by atoms with van der Waals surface area (Å²) in [5, 5.41) is 10.1. The maximum atomic E-state index is 11.2. The molecule has 5 nitrogen and oxygen atoms in total. The van der Waals surface area contributed by atoms with Crippen LogP contribution in [0.4, 0.5) is 0 Å². The summed E-state index contributed by atoms with van der Waals surface area (Å²) in [6.07, 6.45) is 9.04. The highest BCUT2D eigenvalue weighted by Crippen LogP contribution is 2.34. The van der Waals surface area contributed by atoms with E-state index >= 15 is 0 Å². The minimum atomic E-state index is -2.85. The Balaban J connectivity index is 1.23. The van der Waals surface area contributed by atoms with Crippen LogP contribution >= 0.6 is 11.6 Å². The number of aryl methyl sites for hydroxylation is 1. The Morgan fingerprint density at radius 1 is 1.17 bits per heavy atom. The van der Waals surface area contributed by atoms with Crippen LogP contribution in [-0.4, -0.2) is 50.6 Å². The molecular weight excluding hydrogens is 492 g/mol. The SMILES string of the molecule is C[C@@H]1C[C@H](COc2ccc(CCCCCS(C)(=O)=O)cc2)CN1C1CCc2c(C#N)cc(Cl)cc2C1. The Morgan fingerprint density at radius 2 is 1.94 bits per heavy atom. The predicted octanol–water partition coefficient (Wildman–Crippen LogP) is 5.62. The van der Waals surface area contributed by atoms with Crippen molar-refractivity contribution in [1.29, 1.82) is 5.26 Å². The van der Waals surface area contributed by atoms with Crippen LogP contribution in [0.15, 0.2) is 36.4 Å². The lowest BCUT2D eigenvalue weighted by Crippen LogP contribution is -2.41. The van der Waals surface area contributed by atoms with Crippen LogP contribution in [0.25, 0.3) is 0 Å². The number of hydrogen-bond donors (Lipinski definition) is 0. The number of sulfone groups is 1. The van der Waals surface area contributed by atoms with Gasteiger partial charge in [0.25, 0.3) is 0 Å². The second-order valence-corrected chi connectivity index (χ2v) is 13.3. The summed E-state index contributed by atoms with van der Waals surface area (Å²) in [7, 11) is -2.85. The number of nitriles is 1. The van der Waals surface area contributed by atoms with E-state index in [0.29, 0.717) is 23.0 Å². The monoisotopic (exact) mass is 528 g/mol. The highest BCUT2D eigenvalue weighted by molar-refractivity contribution is 7.90. The van der Waals surface area contributed by atoms with Crippen molar-refractivity contribution in [2.45, 2.75) is 70.4 Å². The molecule has 1 aliphatic heterocycles. The number of ether oxygens (including phenoxy) is 1. The van der Waals surface area contributed by atoms with Gasteiger partial charge < -0.3 is 4.74 Å². The maximum absolute atomic E-state index is 11.2. The van der Waals surface area contributed by atoms with Crippen LogP contribution in [0, 0.1) is 17.2 Å². The van der Waals surface area contributed by atoms with Crippen molar-refractivity contribution in [3.63, 3.8) is 0 Å². The molecule has 1 unspecified atom stereocenters. The number of rotatable bonds is 10. The lowest BCUT2D eigenvalue weighted by Gasteiger charge is -2.35. The second-order valence-electron chi connectivity index (χ2n) is 10.6. The number of unbranched alkanes of at least 4 members (excludes halogenated alkanes) is 2. The summed E-state index contributed by atoms with van der Waals surface area (Å²) in [6, 6.07) is 15.5. The van der Waals surface area contributed by atoms with E-state index in [1.165, 1.54) is 22.9 Å². The average Bonchev–Trinajstić information content (AvgIpc) is 3.22. The molecule has 1 fully saturated rings. The molecule has 4 rings (SSSR count). The number of nitrogens with zero attached hydrogens (tertiary/aromatic N) is 2. The molecule has 1 aliphatic carbocycles. The van der Waals surface area contributed by atoms with E-state index < -0.39 is 9.84 Å². The molecule has 0 aromatic heterocycles. The Labute approximate surface area is 221 Å². The molecule has 0 N–H and O–H groups in total. The topological polar surface area (TPSA) is 70.4 Å². The van der Waals surface area contributed by atoms with Crippen LogP contribution in [0.1, 0.15) is 61.3 Å². The predicted molar refractivity (Wildman–Crippen MR) is 145 cm³/mol. The highest BCUT2D eigenvalue weighted by Gasteiger charge is 2.36. The summed E-state index contributed by atoms with van der Waals surface area (Å²) in [5.41, 5.74) is 4.41. The van der Waals surface area contributed by atoms with E-state index in [2.05, 4.69) is 42.2 Å². The van der Waals surface area contributed by atoms with Crippen LogP contribution in [0.5, 0.6) is 5.75 Å². The minimum absolute atomic E-state index is 0.279. The van der Waals surface area contributed by atoms with Gasteiger partial charge in [-0.25, -0.2) is 8.42 Å². The molecule has 1 heterocycles. The van der Waals surface area contributed by atoms with Crippen molar-refractivity contribution in [3.8, 4) is 11.8 Å². The first kappa shape index (κ1) is 27.0. The molecular formula is C29H37ClN2O3S. The Kier molecular flexibility index (Phi) is 8.98. The van der Waals surface area contributed by atoms with Gasteiger partial charge in [0.2, 0.25) is 0 Å². The fraction of sp³-hybridized carbons (Fsp3) is 0.552. The summed E-state index contributed by atoms with van der Waals surface area (Å²) in [5.74, 6) is 1.69. The molecule has 2 aromatic rings. The van der Waals surface area contributed by atoms with Crippen molar-refractivity contribution in [1.82, 2.24) is 4.90 Å². The van der Waals surface area contributed by atoms with Gasteiger partial charge in [0.1, 0.15) is 15.6 Å². The van der Waals surface area contributed by atoms with E-state index in [0.717, 1.165) is 75.8 Å². The van der Waals surface area contributed by atoms with Gasteiger partial charge in [0.15, 0.2) is 0 Å². The third-order valence-corrected chi connectivity index (χ3v) is 8.93. The van der Waals surface area contributed by atoms with Crippen LogP contribution in [0.2, 0.25) is 5.02 Å². The number of fused-ring (bicyclic) bond motifs is 1. The van der Waals surface area contributed by atoms with Gasteiger partial charge in [-0.2, -0.15) is 5.26 Å². The summed E-state index contributed by atoms with van der Waals surface area (Å²) >= 11 is 6.28. The third kappa shape index (κ3) is 7.25. The Bertz CT molecular complexity index is 1190. The van der Waals surface area contributed by atoms with E-state index in [4.69, 9.17) is 16.3 Å². The zero-order valence-electron chi connectivity index (χ0n) is 21.4. The first-order valence-electron chi connectivity index (χ1n) is 13.1. The Morgan fingerprint density at radius 3 is 2.67 bits per heavy atom. The van der Waals surface area contributed by atoms with Gasteiger partial charge in [0, 0.05) is 41.6 Å². The molecule has 1 saturated heterocycles. The molecule has 2 aromatic carbocycles. The lowest BCUT2D eigenvalue weighted by molar-refractivity contribution is 0.164. The molecule has 0 saturated carbocycles. The summed E-state index contributed by atoms with van der Waals surface area (Å²) in [6.45, 7) is 4.08. The zero-order chi connectivity index (χ0) is 25.7. The summed E-state index contributed by atoms with van der Waals surface area (Å²) < 4.78 is 28.6. The molecule has 3 atom stereocenters. The molecule has 7 heteroatoms. The third-order valence-electron chi connectivity index (χ3n) is 7.68. The normalized spacial score (nSPS) is 22.2. The van der Waals surface area contributed by atoms with Gasteiger partial charge in [-0.1, -0.05) is 30.2 Å². The maximum Gasteiger partial charge on any atom is 0.147 e. The first-order chi connectivity index (χ1) is 17.2. The molecule has 0 amide bonds. The second kappa shape index (κ2) is 12.0. The first-order valence-corrected chi connectivity index (χ1v) is 15.5. The zero-order valence-corrected chi connectivity index (χ0v) is 23.0. The highest BCUT2D eigenvalue weighted by atomic mass is 35.5. The number of benzene rings is 2. The van der Waals surface area contributed by atoms with Gasteiger partial charge >= 0.3 is 0 Å². The molecule has 194 valence electrons. The van der Waals surface area contributed by atoms with Crippen LogP contribution in [0.3, 0.4) is 0 Å². The molecule has 2 aliphatic rings. The number of hydrogen-bond acceptors (Lipinski definition) is 5.